The van der Waals surface area contributed by atoms with Gasteiger partial charge in [-0.05, 0) is 61.3 Å². The molecule has 176 valence electrons. The van der Waals surface area contributed by atoms with Crippen molar-refractivity contribution in [3.63, 3.8) is 0 Å². The fraction of sp³-hybridized carbons (Fsp3) is 0.727. The largest absolute Gasteiger partial charge is 0.493 e. The molecule has 0 radical (unpaired) electrons. The molecular formula is C22H40FNO3S3. The first-order valence-corrected chi connectivity index (χ1v) is 10.2. The number of nitrogens with zero attached hydrogens (tertiary/aromatic N) is 1. The highest BCUT2D eigenvalue weighted by Gasteiger charge is 2.47. The van der Waals surface area contributed by atoms with Gasteiger partial charge in [-0.2, -0.15) is 40.5 Å². The summed E-state index contributed by atoms with van der Waals surface area (Å²) in [6, 6.07) is 4.30. The quantitative estimate of drug-likeness (QED) is 0.624. The van der Waals surface area contributed by atoms with E-state index in [1.54, 1.807) is 14.2 Å². The van der Waals surface area contributed by atoms with E-state index < -0.39 is 5.60 Å². The predicted molar refractivity (Wildman–Crippen MR) is 136 cm³/mol. The maximum atomic E-state index is 12.9. The van der Waals surface area contributed by atoms with E-state index in [9.17, 15) is 9.50 Å². The Morgan fingerprint density at radius 3 is 2.37 bits per heavy atom. The Kier molecular flexibility index (Phi) is 12.6. The summed E-state index contributed by atoms with van der Waals surface area (Å²) in [6.07, 6.45) is 3.58. The normalized spacial score (nSPS) is 25.2. The van der Waals surface area contributed by atoms with Crippen LogP contribution in [0.1, 0.15) is 56.7 Å². The highest BCUT2D eigenvalue weighted by Crippen LogP contribution is 2.48. The molecule has 2 aliphatic heterocycles. The number of piperidine rings is 1. The fourth-order valence-electron chi connectivity index (χ4n) is 5.03. The molecule has 1 saturated heterocycles. The summed E-state index contributed by atoms with van der Waals surface area (Å²) in [6.45, 7) is 5.89. The van der Waals surface area contributed by atoms with Crippen LogP contribution in [-0.2, 0) is 6.42 Å². The van der Waals surface area contributed by atoms with Crippen LogP contribution >= 0.6 is 40.5 Å². The molecular weight excluding hydrogens is 440 g/mol. The number of alkyl halides is 1. The van der Waals surface area contributed by atoms with Crippen molar-refractivity contribution in [2.24, 2.45) is 11.8 Å². The van der Waals surface area contributed by atoms with E-state index in [2.05, 4.69) is 30.9 Å². The maximum Gasteiger partial charge on any atom is 0.161 e. The third-order valence-electron chi connectivity index (χ3n) is 6.37. The van der Waals surface area contributed by atoms with Crippen molar-refractivity contribution >= 4 is 40.5 Å². The highest BCUT2D eigenvalue weighted by molar-refractivity contribution is 7.59. The first kappa shape index (κ1) is 29.7. The van der Waals surface area contributed by atoms with Gasteiger partial charge in [-0.3, -0.25) is 9.29 Å². The number of ether oxygens (including phenoxy) is 2. The van der Waals surface area contributed by atoms with Gasteiger partial charge in [0.15, 0.2) is 11.5 Å². The second-order valence-electron chi connectivity index (χ2n) is 8.59. The second-order valence-corrected chi connectivity index (χ2v) is 8.59. The molecule has 0 bridgehead atoms. The third-order valence-corrected chi connectivity index (χ3v) is 6.37. The van der Waals surface area contributed by atoms with Crippen LogP contribution in [0.25, 0.3) is 0 Å². The number of rotatable bonds is 7. The van der Waals surface area contributed by atoms with Gasteiger partial charge in [-0.15, -0.1) is 0 Å². The summed E-state index contributed by atoms with van der Waals surface area (Å²) in [5.74, 6) is 2.20. The zero-order valence-electron chi connectivity index (χ0n) is 18.6. The molecule has 1 N–H and O–H groups in total. The lowest BCUT2D eigenvalue weighted by Gasteiger charge is -2.52. The van der Waals surface area contributed by atoms with Crippen LogP contribution in [0.5, 0.6) is 11.5 Å². The van der Waals surface area contributed by atoms with Crippen LogP contribution in [0.3, 0.4) is 0 Å². The molecule has 1 fully saturated rings. The van der Waals surface area contributed by atoms with Crippen LogP contribution in [0.15, 0.2) is 12.1 Å². The summed E-state index contributed by atoms with van der Waals surface area (Å²) in [5.41, 5.74) is 1.68. The van der Waals surface area contributed by atoms with Gasteiger partial charge < -0.3 is 14.6 Å². The van der Waals surface area contributed by atoms with Crippen molar-refractivity contribution < 1.29 is 19.0 Å². The molecule has 0 aromatic heterocycles. The Labute approximate surface area is 202 Å². The molecule has 2 heterocycles. The molecule has 0 spiro atoms. The number of methoxy groups -OCH3 is 2. The number of aliphatic hydroxyl groups is 1. The first-order chi connectivity index (χ1) is 12.9. The van der Waals surface area contributed by atoms with E-state index in [0.717, 1.165) is 37.4 Å². The number of halogens is 1. The number of hydrogen-bond donors (Lipinski definition) is 1. The van der Waals surface area contributed by atoms with E-state index in [1.165, 1.54) is 11.1 Å². The lowest BCUT2D eigenvalue weighted by Crippen LogP contribution is -2.55. The Morgan fingerprint density at radius 1 is 1.17 bits per heavy atom. The number of benzene rings is 1. The summed E-state index contributed by atoms with van der Waals surface area (Å²) in [4.78, 5) is 2.51. The van der Waals surface area contributed by atoms with E-state index in [1.807, 2.05) is 0 Å². The van der Waals surface area contributed by atoms with Gasteiger partial charge in [0.05, 0.1) is 26.5 Å². The molecule has 30 heavy (non-hydrogen) atoms. The minimum Gasteiger partial charge on any atom is -0.493 e. The van der Waals surface area contributed by atoms with Crippen LogP contribution in [0, 0.1) is 11.8 Å². The van der Waals surface area contributed by atoms with Crippen molar-refractivity contribution in [1.82, 2.24) is 4.90 Å². The first-order valence-electron chi connectivity index (χ1n) is 10.2. The molecule has 1 aromatic carbocycles. The van der Waals surface area contributed by atoms with Crippen molar-refractivity contribution in [2.75, 3.05) is 34.0 Å². The summed E-state index contributed by atoms with van der Waals surface area (Å²) >= 11 is 0. The molecule has 3 atom stereocenters. The van der Waals surface area contributed by atoms with Crippen molar-refractivity contribution in [3.8, 4) is 11.5 Å². The smallest absolute Gasteiger partial charge is 0.161 e. The zero-order chi connectivity index (χ0) is 19.6. The van der Waals surface area contributed by atoms with Crippen LogP contribution in [0.2, 0.25) is 0 Å². The highest BCUT2D eigenvalue weighted by atomic mass is 32.1. The SMILES string of the molecule is COc1cc2c(cc1OC)[C@@H]1C[C@@](O)(CCC[18F])[C@@H](CC(C)C)CN1CC2.S.S.S. The van der Waals surface area contributed by atoms with Gasteiger partial charge in [0, 0.05) is 25.0 Å². The minimum atomic E-state index is -0.806. The molecule has 1 aromatic rings. The topological polar surface area (TPSA) is 41.9 Å². The van der Waals surface area contributed by atoms with Gasteiger partial charge in [0.25, 0.3) is 0 Å². The van der Waals surface area contributed by atoms with Gasteiger partial charge in [0.2, 0.25) is 0 Å². The summed E-state index contributed by atoms with van der Waals surface area (Å²) in [7, 11) is 3.31. The Hall–Kier alpha value is -0.280. The number of fused-ring (bicyclic) bond motifs is 3. The Balaban J connectivity index is 0.00000280. The van der Waals surface area contributed by atoms with Crippen LogP contribution < -0.4 is 9.47 Å². The molecule has 2 aliphatic rings. The second kappa shape index (κ2) is 12.7. The Morgan fingerprint density at radius 2 is 1.80 bits per heavy atom. The van der Waals surface area contributed by atoms with Crippen molar-refractivity contribution in [2.45, 2.75) is 57.6 Å². The van der Waals surface area contributed by atoms with Crippen LogP contribution in [-0.4, -0.2) is 49.6 Å². The molecule has 8 heteroatoms. The molecule has 0 unspecified atom stereocenters. The molecule has 0 aliphatic carbocycles. The Bertz CT molecular complexity index is 665. The average molecular weight is 481 g/mol. The van der Waals surface area contributed by atoms with Gasteiger partial charge in [0.1, 0.15) is 0 Å². The van der Waals surface area contributed by atoms with E-state index in [0.29, 0.717) is 25.2 Å². The standard InChI is InChI=1S/C22H34FNO3.3H2S/c1-15(2)10-17-14-24-9-6-16-11-20(26-3)21(27-4)12-18(16)19(24)13-22(17,25)7-5-8-23;;;/h11-12,15,17,19,25H,5-10,13-14H2,1-4H3;3*1H2/t17-,19-,22-;;;/m0.../s1/i23-1;;;. The van der Waals surface area contributed by atoms with E-state index >= 15 is 0 Å². The lowest BCUT2D eigenvalue weighted by atomic mass is 9.69. The lowest BCUT2D eigenvalue weighted by molar-refractivity contribution is -0.109. The monoisotopic (exact) mass is 480 g/mol. The number of hydrogen-bond acceptors (Lipinski definition) is 4. The predicted octanol–water partition coefficient (Wildman–Crippen LogP) is 4.49. The zero-order valence-corrected chi connectivity index (χ0v) is 21.6. The molecule has 3 rings (SSSR count). The third kappa shape index (κ3) is 6.15. The van der Waals surface area contributed by atoms with Gasteiger partial charge >= 0.3 is 0 Å². The van der Waals surface area contributed by atoms with E-state index in [-0.39, 0.29) is 59.1 Å². The van der Waals surface area contributed by atoms with Gasteiger partial charge in [-0.25, -0.2) is 0 Å². The van der Waals surface area contributed by atoms with Crippen molar-refractivity contribution in [3.05, 3.63) is 23.3 Å². The average Bonchev–Trinajstić information content (AvgIpc) is 2.65. The van der Waals surface area contributed by atoms with E-state index in [4.69, 9.17) is 9.47 Å². The summed E-state index contributed by atoms with van der Waals surface area (Å²) < 4.78 is 23.9. The fourth-order valence-corrected chi connectivity index (χ4v) is 5.03. The van der Waals surface area contributed by atoms with Crippen LogP contribution in [0.4, 0.5) is 4.39 Å². The van der Waals surface area contributed by atoms with Gasteiger partial charge in [-0.1, -0.05) is 13.8 Å². The molecule has 0 saturated carbocycles. The maximum absolute atomic E-state index is 12.9. The van der Waals surface area contributed by atoms with Crippen molar-refractivity contribution in [1.29, 1.82) is 0 Å². The minimum absolute atomic E-state index is 0. The summed E-state index contributed by atoms with van der Waals surface area (Å²) in [5, 5.41) is 11.6. The molecule has 0 amide bonds. The molecule has 4 nitrogen and oxygen atoms in total.